The topological polar surface area (TPSA) is 91.4 Å². The largest absolute Gasteiger partial charge is 0.394 e. The second-order valence-corrected chi connectivity index (χ2v) is 17.6. The van der Waals surface area contributed by atoms with Crippen LogP contribution in [-0.2, 0) is 9.13 Å². The maximum absolute atomic E-state index is 12.9. The van der Waals surface area contributed by atoms with Gasteiger partial charge >= 0.3 is 14.5 Å². The van der Waals surface area contributed by atoms with Crippen molar-refractivity contribution < 1.29 is 14.0 Å². The zero-order valence-electron chi connectivity index (χ0n) is 29.9. The summed E-state index contributed by atoms with van der Waals surface area (Å²) < 4.78 is 32.3. The lowest BCUT2D eigenvalue weighted by atomic mass is 10.3. The zero-order chi connectivity index (χ0) is 37.6. The summed E-state index contributed by atoms with van der Waals surface area (Å²) >= 11 is 6.38. The summed E-state index contributed by atoms with van der Waals surface area (Å²) in [6.45, 7) is 1.19. The average Bonchev–Trinajstić information content (AvgIpc) is 3.72. The van der Waals surface area contributed by atoms with Gasteiger partial charge in [0, 0.05) is 73.4 Å². The average molecular weight is 779 g/mol. The summed E-state index contributed by atoms with van der Waals surface area (Å²) in [7, 11) is -3.54. The molecule has 278 valence electrons. The van der Waals surface area contributed by atoms with Crippen molar-refractivity contribution in [3.05, 3.63) is 182 Å². The molecule has 0 aromatic heterocycles. The number of benzene rings is 6. The van der Waals surface area contributed by atoms with Gasteiger partial charge in [-0.25, -0.2) is 4.57 Å². The second kappa shape index (κ2) is 18.7. The third-order valence-corrected chi connectivity index (χ3v) is 14.1. The Labute approximate surface area is 323 Å². The second-order valence-electron chi connectivity index (χ2n) is 12.4. The summed E-state index contributed by atoms with van der Waals surface area (Å²) in [5.41, 5.74) is 5.70. The molecular formula is C42H45ClN6O3P2. The molecule has 0 aliphatic carbocycles. The summed E-state index contributed by atoms with van der Waals surface area (Å²) in [5.74, 6) is 0. The van der Waals surface area contributed by atoms with Crippen LogP contribution in [0.25, 0.3) is 0 Å². The molecule has 12 heteroatoms. The minimum Gasteiger partial charge on any atom is -0.383 e. The first kappa shape index (κ1) is 38.6. The van der Waals surface area contributed by atoms with Gasteiger partial charge in [-0.1, -0.05) is 109 Å². The fraction of sp³-hybridized carbons (Fsp3) is 0.143. The predicted octanol–water partition coefficient (Wildman–Crippen LogP) is 10.7. The molecule has 2 aliphatic rings. The lowest BCUT2D eigenvalue weighted by Gasteiger charge is -2.27. The van der Waals surface area contributed by atoms with Crippen LogP contribution in [0, 0.1) is 0 Å². The highest BCUT2D eigenvalue weighted by molar-refractivity contribution is 7.91. The molecule has 0 atom stereocenters. The molecule has 2 heterocycles. The van der Waals surface area contributed by atoms with E-state index in [0.29, 0.717) is 26.2 Å². The van der Waals surface area contributed by atoms with E-state index in [0.717, 1.165) is 47.2 Å². The van der Waals surface area contributed by atoms with Crippen LogP contribution in [0.5, 0.6) is 0 Å². The number of hydrogen-bond acceptors (Lipinski definition) is 4. The smallest absolute Gasteiger partial charge is 0.383 e. The molecule has 2 fully saturated rings. The van der Waals surface area contributed by atoms with Crippen molar-refractivity contribution in [1.29, 1.82) is 0 Å². The van der Waals surface area contributed by atoms with Gasteiger partial charge in [0.15, 0.2) is 0 Å². The van der Waals surface area contributed by atoms with Crippen molar-refractivity contribution in [3.8, 4) is 0 Å². The molecule has 8 rings (SSSR count). The van der Waals surface area contributed by atoms with E-state index in [1.807, 2.05) is 158 Å². The van der Waals surface area contributed by atoms with Crippen molar-refractivity contribution in [2.24, 2.45) is 0 Å². The first-order valence-corrected chi connectivity index (χ1v) is 21.9. The summed E-state index contributed by atoms with van der Waals surface area (Å²) in [6.07, 6.45) is 0. The molecule has 6 aromatic rings. The Morgan fingerprint density at radius 3 is 0.963 bits per heavy atom. The number of para-hydroxylation sites is 6. The van der Waals surface area contributed by atoms with E-state index in [1.54, 1.807) is 18.7 Å². The van der Waals surface area contributed by atoms with E-state index in [-0.39, 0.29) is 0 Å². The Hall–Kier alpha value is -5.17. The first-order valence-electron chi connectivity index (χ1n) is 17.9. The Balaban J connectivity index is 0.000000139. The molecular weight excluding hydrogens is 734 g/mol. The molecule has 0 radical (unpaired) electrons. The van der Waals surface area contributed by atoms with Gasteiger partial charge < -0.3 is 15.5 Å². The van der Waals surface area contributed by atoms with Crippen LogP contribution in [0.4, 0.5) is 34.1 Å². The van der Waals surface area contributed by atoms with Crippen molar-refractivity contribution in [1.82, 2.24) is 0 Å². The number of halogens is 1. The highest BCUT2D eigenvalue weighted by atomic mass is 35.7. The predicted molar refractivity (Wildman–Crippen MR) is 228 cm³/mol. The molecule has 0 spiro atoms. The standard InChI is InChI=1S/C14H14ClN2OP.C14H15N2O2P.C14H16N2/c15-19(18)16(13-7-3-1-4-8-13)11-12-17(19)14-9-5-2-6-10-14;17-19(18)15(13-7-3-1-4-8-13)11-12-16(19)14-9-5-2-6-10-14;1-3-7-13(8-4-1)15-11-12-16-14-9-5-2-6-10-14/h1-10H,11-12H2;1-10H,11-12H2,(H,17,18);1-10,15-16H,11-12H2. The number of nitrogens with zero attached hydrogens (tertiary/aromatic N) is 4. The van der Waals surface area contributed by atoms with Crippen LogP contribution in [0.3, 0.4) is 0 Å². The van der Waals surface area contributed by atoms with Crippen LogP contribution >= 0.6 is 25.7 Å². The van der Waals surface area contributed by atoms with Gasteiger partial charge in [0.25, 0.3) is 0 Å². The van der Waals surface area contributed by atoms with E-state index in [4.69, 9.17) is 11.2 Å². The molecule has 0 amide bonds. The quantitative estimate of drug-likeness (QED) is 0.0980. The SMILES string of the molecule is O=P1(Cl)N(c2ccccc2)CCN1c1ccccc1.O=P1(O)N(c2ccccc2)CCN1c1ccccc1.c1ccc(NCCNc2ccccc2)cc1. The van der Waals surface area contributed by atoms with Crippen molar-refractivity contribution in [2.45, 2.75) is 0 Å². The summed E-state index contributed by atoms with van der Waals surface area (Å²) in [4.78, 5) is 10.4. The maximum Gasteiger partial charge on any atom is 0.394 e. The van der Waals surface area contributed by atoms with Gasteiger partial charge in [-0.2, -0.15) is 0 Å². The lowest BCUT2D eigenvalue weighted by molar-refractivity contribution is 0.479. The van der Waals surface area contributed by atoms with Gasteiger partial charge in [-0.15, -0.1) is 0 Å². The van der Waals surface area contributed by atoms with Gasteiger partial charge in [0.05, 0.1) is 0 Å². The van der Waals surface area contributed by atoms with Crippen molar-refractivity contribution >= 4 is 59.8 Å². The van der Waals surface area contributed by atoms with Gasteiger partial charge in [-0.05, 0) is 84.0 Å². The molecule has 3 N–H and O–H groups in total. The monoisotopic (exact) mass is 778 g/mol. The fourth-order valence-electron chi connectivity index (χ4n) is 6.17. The molecule has 9 nitrogen and oxygen atoms in total. The van der Waals surface area contributed by atoms with Crippen LogP contribution < -0.4 is 29.3 Å². The van der Waals surface area contributed by atoms with Gasteiger partial charge in [0.2, 0.25) is 0 Å². The lowest BCUT2D eigenvalue weighted by Crippen LogP contribution is -2.17. The minimum absolute atomic E-state index is 0.548. The zero-order valence-corrected chi connectivity index (χ0v) is 32.4. The Morgan fingerprint density at radius 1 is 0.426 bits per heavy atom. The normalized spacial score (nSPS) is 15.4. The summed E-state index contributed by atoms with van der Waals surface area (Å²) in [5, 5.41) is 6.70. The maximum atomic E-state index is 12.9. The van der Waals surface area contributed by atoms with Crippen LogP contribution in [0.2, 0.25) is 0 Å². The molecule has 0 bridgehead atoms. The van der Waals surface area contributed by atoms with E-state index < -0.39 is 14.5 Å². The number of anilines is 6. The first-order chi connectivity index (χ1) is 26.3. The van der Waals surface area contributed by atoms with Gasteiger partial charge in [0.1, 0.15) is 0 Å². The van der Waals surface area contributed by atoms with Crippen LogP contribution in [0.15, 0.2) is 182 Å². The van der Waals surface area contributed by atoms with Crippen LogP contribution in [0.1, 0.15) is 0 Å². The number of rotatable bonds is 9. The van der Waals surface area contributed by atoms with E-state index in [1.165, 1.54) is 0 Å². The van der Waals surface area contributed by atoms with Gasteiger partial charge in [-0.3, -0.25) is 23.2 Å². The van der Waals surface area contributed by atoms with E-state index >= 15 is 0 Å². The third kappa shape index (κ3) is 9.87. The molecule has 6 aromatic carbocycles. The molecule has 0 unspecified atom stereocenters. The molecule has 2 aliphatic heterocycles. The summed E-state index contributed by atoms with van der Waals surface area (Å²) in [6, 6.07) is 58.5. The Kier molecular flexibility index (Phi) is 13.4. The Bertz CT molecular complexity index is 1830. The Morgan fingerprint density at radius 2 is 0.667 bits per heavy atom. The van der Waals surface area contributed by atoms with E-state index in [9.17, 15) is 14.0 Å². The number of hydrogen-bond donors (Lipinski definition) is 3. The number of nitrogens with one attached hydrogen (secondary N) is 2. The molecule has 0 saturated carbocycles. The minimum atomic E-state index is -3.54. The highest BCUT2D eigenvalue weighted by Crippen LogP contribution is 2.64. The molecule has 54 heavy (non-hydrogen) atoms. The third-order valence-electron chi connectivity index (χ3n) is 8.82. The van der Waals surface area contributed by atoms with Crippen molar-refractivity contribution in [2.75, 3.05) is 68.6 Å². The molecule has 2 saturated heterocycles. The van der Waals surface area contributed by atoms with Crippen LogP contribution in [-0.4, -0.2) is 44.2 Å². The highest BCUT2D eigenvalue weighted by Gasteiger charge is 2.42. The van der Waals surface area contributed by atoms with E-state index in [2.05, 4.69) is 34.9 Å². The van der Waals surface area contributed by atoms with Crippen molar-refractivity contribution in [3.63, 3.8) is 0 Å². The fourth-order valence-corrected chi connectivity index (χ4v) is 10.8.